The maximum atomic E-state index is 5.59. The van der Waals surface area contributed by atoms with Gasteiger partial charge in [0.2, 0.25) is 0 Å². The summed E-state index contributed by atoms with van der Waals surface area (Å²) in [6.45, 7) is 4.00. The lowest BCUT2D eigenvalue weighted by Crippen LogP contribution is -1.97. The van der Waals surface area contributed by atoms with Crippen molar-refractivity contribution in [1.29, 1.82) is 0 Å². The third kappa shape index (κ3) is 3.24. The van der Waals surface area contributed by atoms with E-state index in [1.54, 1.807) is 6.20 Å². The van der Waals surface area contributed by atoms with Crippen LogP contribution in [0.2, 0.25) is 0 Å². The van der Waals surface area contributed by atoms with Crippen molar-refractivity contribution >= 4 is 5.82 Å². The van der Waals surface area contributed by atoms with Gasteiger partial charge in [-0.05, 0) is 18.9 Å². The predicted molar refractivity (Wildman–Crippen MR) is 58.8 cm³/mol. The summed E-state index contributed by atoms with van der Waals surface area (Å²) >= 11 is 0. The van der Waals surface area contributed by atoms with Crippen molar-refractivity contribution < 1.29 is 4.74 Å². The molecule has 0 spiro atoms. The third-order valence-corrected chi connectivity index (χ3v) is 1.81. The molecule has 1 saturated carbocycles. The van der Waals surface area contributed by atoms with Crippen molar-refractivity contribution in [3.05, 3.63) is 18.3 Å². The van der Waals surface area contributed by atoms with E-state index in [2.05, 4.69) is 10.3 Å². The van der Waals surface area contributed by atoms with Gasteiger partial charge in [-0.3, -0.25) is 0 Å². The van der Waals surface area contributed by atoms with Gasteiger partial charge in [-0.1, -0.05) is 13.8 Å². The van der Waals surface area contributed by atoms with Crippen LogP contribution in [0.15, 0.2) is 18.3 Å². The summed E-state index contributed by atoms with van der Waals surface area (Å²) in [7, 11) is 1.85. The number of nitrogens with zero attached hydrogens (tertiary/aromatic N) is 1. The summed E-state index contributed by atoms with van der Waals surface area (Å²) in [4.78, 5) is 4.09. The first-order valence-electron chi connectivity index (χ1n) is 5.19. The highest BCUT2D eigenvalue weighted by atomic mass is 16.5. The molecule has 1 aromatic rings. The molecule has 78 valence electrons. The van der Waals surface area contributed by atoms with Crippen LogP contribution in [0.5, 0.6) is 5.75 Å². The van der Waals surface area contributed by atoms with E-state index >= 15 is 0 Å². The lowest BCUT2D eigenvalue weighted by atomic mass is 10.4. The number of rotatable bonds is 3. The average Bonchev–Trinajstić information content (AvgIpc) is 3.05. The van der Waals surface area contributed by atoms with Crippen molar-refractivity contribution in [2.24, 2.45) is 0 Å². The van der Waals surface area contributed by atoms with E-state index in [9.17, 15) is 0 Å². The van der Waals surface area contributed by atoms with Crippen LogP contribution in [0.1, 0.15) is 26.7 Å². The molecule has 3 nitrogen and oxygen atoms in total. The van der Waals surface area contributed by atoms with Crippen LogP contribution in [0.25, 0.3) is 0 Å². The van der Waals surface area contributed by atoms with Crippen molar-refractivity contribution in [3.63, 3.8) is 0 Å². The van der Waals surface area contributed by atoms with E-state index in [1.807, 2.05) is 33.0 Å². The SMILES string of the molecule is CC.CNc1cc(OC2CC2)ccn1. The van der Waals surface area contributed by atoms with Crippen LogP contribution in [-0.2, 0) is 0 Å². The maximum Gasteiger partial charge on any atom is 0.129 e. The molecule has 0 amide bonds. The molecule has 0 atom stereocenters. The van der Waals surface area contributed by atoms with Crippen molar-refractivity contribution in [2.75, 3.05) is 12.4 Å². The molecule has 0 aromatic carbocycles. The molecule has 0 bridgehead atoms. The molecule has 3 heteroatoms. The summed E-state index contributed by atoms with van der Waals surface area (Å²) < 4.78 is 5.59. The molecule has 1 N–H and O–H groups in total. The fraction of sp³-hybridized carbons (Fsp3) is 0.545. The van der Waals surface area contributed by atoms with E-state index in [0.717, 1.165) is 11.6 Å². The highest BCUT2D eigenvalue weighted by Gasteiger charge is 2.23. The fourth-order valence-corrected chi connectivity index (χ4v) is 1.000. The largest absolute Gasteiger partial charge is 0.490 e. The Morgan fingerprint density at radius 3 is 2.71 bits per heavy atom. The van der Waals surface area contributed by atoms with Crippen LogP contribution in [0.4, 0.5) is 5.82 Å². The lowest BCUT2D eigenvalue weighted by molar-refractivity contribution is 0.303. The van der Waals surface area contributed by atoms with E-state index < -0.39 is 0 Å². The molecule has 14 heavy (non-hydrogen) atoms. The van der Waals surface area contributed by atoms with Crippen LogP contribution in [-0.4, -0.2) is 18.1 Å². The Bertz CT molecular complexity index is 272. The van der Waals surface area contributed by atoms with Gasteiger partial charge >= 0.3 is 0 Å². The minimum atomic E-state index is 0.456. The highest BCUT2D eigenvalue weighted by molar-refractivity contribution is 5.39. The number of hydrogen-bond donors (Lipinski definition) is 1. The minimum Gasteiger partial charge on any atom is -0.490 e. The number of aromatic nitrogens is 1. The molecular formula is C11H18N2O. The quantitative estimate of drug-likeness (QED) is 0.803. The van der Waals surface area contributed by atoms with Gasteiger partial charge < -0.3 is 10.1 Å². The first-order valence-corrected chi connectivity index (χ1v) is 5.19. The molecule has 0 saturated heterocycles. The van der Waals surface area contributed by atoms with E-state index in [1.165, 1.54) is 12.8 Å². The summed E-state index contributed by atoms with van der Waals surface area (Å²) in [5.41, 5.74) is 0. The first kappa shape index (κ1) is 10.8. The van der Waals surface area contributed by atoms with E-state index in [-0.39, 0.29) is 0 Å². The highest BCUT2D eigenvalue weighted by Crippen LogP contribution is 2.27. The standard InChI is InChI=1S/C9H12N2O.C2H6/c1-10-9-6-8(4-5-11-9)12-7-2-3-7;1-2/h4-7H,2-3H2,1H3,(H,10,11);1-2H3. The second kappa shape index (κ2) is 5.47. The summed E-state index contributed by atoms with van der Waals surface area (Å²) in [5.74, 6) is 1.77. The van der Waals surface area contributed by atoms with Gasteiger partial charge in [0.05, 0.1) is 6.10 Å². The molecule has 1 aromatic heterocycles. The number of nitrogens with one attached hydrogen (secondary N) is 1. The Morgan fingerprint density at radius 2 is 2.14 bits per heavy atom. The average molecular weight is 194 g/mol. The Hall–Kier alpha value is -1.25. The van der Waals surface area contributed by atoms with Gasteiger partial charge in [-0.15, -0.1) is 0 Å². The molecule has 0 aliphatic heterocycles. The zero-order valence-corrected chi connectivity index (χ0v) is 9.08. The normalized spacial score (nSPS) is 13.9. The molecular weight excluding hydrogens is 176 g/mol. The number of anilines is 1. The van der Waals surface area contributed by atoms with E-state index in [4.69, 9.17) is 4.74 Å². The van der Waals surface area contributed by atoms with Gasteiger partial charge in [0.15, 0.2) is 0 Å². The first-order chi connectivity index (χ1) is 6.88. The molecule has 1 aliphatic rings. The van der Waals surface area contributed by atoms with Gasteiger partial charge in [0, 0.05) is 19.3 Å². The van der Waals surface area contributed by atoms with Crippen LogP contribution in [0, 0.1) is 0 Å². The fourth-order valence-electron chi connectivity index (χ4n) is 1.000. The molecule has 1 fully saturated rings. The number of pyridine rings is 1. The monoisotopic (exact) mass is 194 g/mol. The summed E-state index contributed by atoms with van der Waals surface area (Å²) in [6, 6.07) is 3.80. The van der Waals surface area contributed by atoms with Gasteiger partial charge in [0.1, 0.15) is 11.6 Å². The van der Waals surface area contributed by atoms with Crippen LogP contribution < -0.4 is 10.1 Å². The Kier molecular flexibility index (Phi) is 4.23. The number of hydrogen-bond acceptors (Lipinski definition) is 3. The van der Waals surface area contributed by atoms with Crippen molar-refractivity contribution in [3.8, 4) is 5.75 Å². The van der Waals surface area contributed by atoms with Crippen LogP contribution in [0.3, 0.4) is 0 Å². The second-order valence-electron chi connectivity index (χ2n) is 2.94. The van der Waals surface area contributed by atoms with Gasteiger partial charge in [-0.2, -0.15) is 0 Å². The predicted octanol–water partition coefficient (Wildman–Crippen LogP) is 2.69. The maximum absolute atomic E-state index is 5.59. The summed E-state index contributed by atoms with van der Waals surface area (Å²) in [6.07, 6.45) is 4.59. The minimum absolute atomic E-state index is 0.456. The van der Waals surface area contributed by atoms with Crippen LogP contribution >= 0.6 is 0 Å². The summed E-state index contributed by atoms with van der Waals surface area (Å²) in [5, 5.41) is 2.97. The molecule has 0 unspecified atom stereocenters. The Labute approximate surface area is 85.5 Å². The number of ether oxygens (including phenoxy) is 1. The Morgan fingerprint density at radius 1 is 1.43 bits per heavy atom. The zero-order chi connectivity index (χ0) is 10.4. The third-order valence-electron chi connectivity index (χ3n) is 1.81. The molecule has 2 rings (SSSR count). The van der Waals surface area contributed by atoms with Crippen molar-refractivity contribution in [1.82, 2.24) is 4.98 Å². The zero-order valence-electron chi connectivity index (χ0n) is 9.08. The molecule has 1 aliphatic carbocycles. The topological polar surface area (TPSA) is 34.1 Å². The van der Waals surface area contributed by atoms with Gasteiger partial charge in [0.25, 0.3) is 0 Å². The second-order valence-corrected chi connectivity index (χ2v) is 2.94. The van der Waals surface area contributed by atoms with E-state index in [0.29, 0.717) is 6.10 Å². The smallest absolute Gasteiger partial charge is 0.129 e. The van der Waals surface area contributed by atoms with Gasteiger partial charge in [-0.25, -0.2) is 4.98 Å². The van der Waals surface area contributed by atoms with Crippen molar-refractivity contribution in [2.45, 2.75) is 32.8 Å². The lowest BCUT2D eigenvalue weighted by Gasteiger charge is -2.04. The molecule has 1 heterocycles. The Balaban J connectivity index is 0.000000461. The molecule has 0 radical (unpaired) electrons.